The second-order valence-corrected chi connectivity index (χ2v) is 20.8. The highest BCUT2D eigenvalue weighted by Gasteiger charge is 2.66. The molecular formula is C47H58O13Si. The van der Waals surface area contributed by atoms with Gasteiger partial charge >= 0.3 is 5.97 Å². The summed E-state index contributed by atoms with van der Waals surface area (Å²) in [4.78, 5) is 13.4. The fourth-order valence-corrected chi connectivity index (χ4v) is 13.3. The molecule has 4 aliphatic heterocycles. The number of hydrogen-bond acceptors (Lipinski definition) is 13. The number of carbonyl (C=O) groups is 1. The van der Waals surface area contributed by atoms with Crippen molar-refractivity contribution in [3.8, 4) is 5.75 Å². The number of fused-ring (bicyclic) bond motifs is 3. The largest absolute Gasteiger partial charge is 0.497 e. The first-order valence-electron chi connectivity index (χ1n) is 20.6. The Kier molecular flexibility index (Phi) is 14.4. The Labute approximate surface area is 359 Å². The molecule has 4 aromatic rings. The Morgan fingerprint density at radius 2 is 1.30 bits per heavy atom. The van der Waals surface area contributed by atoms with Crippen molar-refractivity contribution in [3.05, 3.63) is 126 Å². The van der Waals surface area contributed by atoms with Gasteiger partial charge in [0.1, 0.15) is 48.5 Å². The molecule has 4 aliphatic rings. The average molecular weight is 859 g/mol. The molecule has 8 rings (SSSR count). The number of ether oxygens (including phenoxy) is 10. The highest BCUT2D eigenvalue weighted by atomic mass is 28.4. The number of carbonyl (C=O) groups excluding carboxylic acids is 1. The van der Waals surface area contributed by atoms with Crippen molar-refractivity contribution in [2.24, 2.45) is 0 Å². The maximum Gasteiger partial charge on any atom is 0.343 e. The monoisotopic (exact) mass is 858 g/mol. The number of methoxy groups -OCH3 is 4. The van der Waals surface area contributed by atoms with Crippen LogP contribution >= 0.6 is 0 Å². The minimum absolute atomic E-state index is 0.0327. The van der Waals surface area contributed by atoms with Crippen molar-refractivity contribution >= 4 is 24.7 Å². The number of esters is 1. The van der Waals surface area contributed by atoms with Gasteiger partial charge in [0.15, 0.2) is 12.6 Å². The van der Waals surface area contributed by atoms with Crippen LogP contribution in [-0.4, -0.2) is 122 Å². The van der Waals surface area contributed by atoms with E-state index in [1.54, 1.807) is 14.2 Å². The summed E-state index contributed by atoms with van der Waals surface area (Å²) in [6.45, 7) is 6.73. The third-order valence-corrected chi connectivity index (χ3v) is 16.9. The standard InChI is InChI=1S/C47H58O13Si/c1-46(2,3)61(34-19-13-9-14-20-34,35-21-15-10-16-22-35)57-29-36-37(59-44-41-39(51-5)42(48)47(60-44,30-56-41)45(49)53-7)38(54-27-31-17-11-8-12-18-31)40(43(52-6)58-36)55-28-32-23-25-33(50-4)26-24-32/h8-26,36-44,48H,27-30H2,1-7H3/t36?,37-,38-,39?,40?,41+,42+,43+,44-,47?/m0/s1. The molecule has 0 amide bonds. The van der Waals surface area contributed by atoms with E-state index >= 15 is 0 Å². The zero-order valence-corrected chi connectivity index (χ0v) is 36.8. The third kappa shape index (κ3) is 9.08. The van der Waals surface area contributed by atoms with E-state index in [-0.39, 0.29) is 31.5 Å². The summed E-state index contributed by atoms with van der Waals surface area (Å²) in [6.07, 6.45) is -9.14. The van der Waals surface area contributed by atoms with E-state index in [1.165, 1.54) is 14.2 Å². The van der Waals surface area contributed by atoms with Gasteiger partial charge in [-0.3, -0.25) is 0 Å². The fraction of sp³-hybridized carbons (Fsp3) is 0.468. The van der Waals surface area contributed by atoms with E-state index in [9.17, 15) is 9.90 Å². The molecule has 1 N–H and O–H groups in total. The second-order valence-electron chi connectivity index (χ2n) is 16.5. The number of aliphatic hydroxyl groups is 1. The highest BCUT2D eigenvalue weighted by Crippen LogP contribution is 2.43. The Balaban J connectivity index is 1.31. The molecule has 328 valence electrons. The molecular weight excluding hydrogens is 801 g/mol. The van der Waals surface area contributed by atoms with Crippen LogP contribution in [0.4, 0.5) is 0 Å². The second kappa shape index (κ2) is 19.6. The number of benzene rings is 4. The van der Waals surface area contributed by atoms with Crippen LogP contribution in [0.25, 0.3) is 0 Å². The molecule has 4 unspecified atom stereocenters. The van der Waals surface area contributed by atoms with Gasteiger partial charge in [0.2, 0.25) is 5.60 Å². The lowest BCUT2D eigenvalue weighted by Crippen LogP contribution is -2.76. The highest BCUT2D eigenvalue weighted by molar-refractivity contribution is 6.99. The van der Waals surface area contributed by atoms with Gasteiger partial charge in [-0.15, -0.1) is 0 Å². The summed E-state index contributed by atoms with van der Waals surface area (Å²) in [7, 11) is 2.71. The summed E-state index contributed by atoms with van der Waals surface area (Å²) in [5, 5.41) is 13.3. The summed E-state index contributed by atoms with van der Waals surface area (Å²) in [6, 6.07) is 38.0. The maximum atomic E-state index is 13.4. The van der Waals surface area contributed by atoms with Gasteiger partial charge in [0.25, 0.3) is 8.32 Å². The predicted octanol–water partition coefficient (Wildman–Crippen LogP) is 4.54. The Hall–Kier alpha value is -4.03. The van der Waals surface area contributed by atoms with Gasteiger partial charge in [0, 0.05) is 14.2 Å². The molecule has 2 bridgehead atoms. The minimum Gasteiger partial charge on any atom is -0.497 e. The number of aliphatic hydroxyl groups excluding tert-OH is 1. The third-order valence-electron chi connectivity index (χ3n) is 11.9. The average Bonchev–Trinajstić information content (AvgIpc) is 3.29. The van der Waals surface area contributed by atoms with E-state index in [0.29, 0.717) is 5.75 Å². The van der Waals surface area contributed by atoms with Gasteiger partial charge < -0.3 is 56.9 Å². The van der Waals surface area contributed by atoms with Crippen LogP contribution in [0, 0.1) is 0 Å². The van der Waals surface area contributed by atoms with E-state index in [4.69, 9.17) is 51.8 Å². The Morgan fingerprint density at radius 1 is 0.721 bits per heavy atom. The zero-order valence-electron chi connectivity index (χ0n) is 35.8. The van der Waals surface area contributed by atoms with Gasteiger partial charge in [-0.25, -0.2) is 4.79 Å². The lowest BCUT2D eigenvalue weighted by atomic mass is 9.84. The first-order valence-corrected chi connectivity index (χ1v) is 22.5. The minimum atomic E-state index is -3.12. The molecule has 10 atom stereocenters. The van der Waals surface area contributed by atoms with Crippen LogP contribution in [0.2, 0.25) is 5.04 Å². The Morgan fingerprint density at radius 3 is 1.84 bits per heavy atom. The molecule has 4 saturated heterocycles. The van der Waals surface area contributed by atoms with E-state index in [1.807, 2.05) is 91.0 Å². The summed E-state index contributed by atoms with van der Waals surface area (Å²) >= 11 is 0. The summed E-state index contributed by atoms with van der Waals surface area (Å²) in [5.41, 5.74) is -0.130. The molecule has 61 heavy (non-hydrogen) atoms. The van der Waals surface area contributed by atoms with Gasteiger partial charge in [-0.1, -0.05) is 124 Å². The van der Waals surface area contributed by atoms with E-state index in [0.717, 1.165) is 21.5 Å². The van der Waals surface area contributed by atoms with Crippen molar-refractivity contribution < 1.29 is 61.7 Å². The Bertz CT molecular complexity index is 1940. The molecule has 0 spiro atoms. The number of hydrogen-bond donors (Lipinski definition) is 1. The normalized spacial score (nSPS) is 29.0. The quantitative estimate of drug-likeness (QED) is 0.118. The van der Waals surface area contributed by atoms with Crippen LogP contribution in [0.15, 0.2) is 115 Å². The molecule has 0 radical (unpaired) electrons. The van der Waals surface area contributed by atoms with Crippen LogP contribution < -0.4 is 15.1 Å². The molecule has 14 heteroatoms. The van der Waals surface area contributed by atoms with Crippen molar-refractivity contribution in [1.82, 2.24) is 0 Å². The lowest BCUT2D eigenvalue weighted by Gasteiger charge is -2.55. The maximum absolute atomic E-state index is 13.4. The molecule has 4 fully saturated rings. The molecule has 0 aromatic heterocycles. The first-order chi connectivity index (χ1) is 29.5. The molecule has 13 nitrogen and oxygen atoms in total. The summed E-state index contributed by atoms with van der Waals surface area (Å²) in [5.74, 6) is -0.105. The van der Waals surface area contributed by atoms with Crippen molar-refractivity contribution in [3.63, 3.8) is 0 Å². The lowest BCUT2D eigenvalue weighted by molar-refractivity contribution is -0.411. The summed E-state index contributed by atoms with van der Waals surface area (Å²) < 4.78 is 70.0. The van der Waals surface area contributed by atoms with Gasteiger partial charge in [-0.05, 0) is 38.7 Å². The smallest absolute Gasteiger partial charge is 0.343 e. The fourth-order valence-electron chi connectivity index (χ4n) is 8.76. The van der Waals surface area contributed by atoms with Crippen molar-refractivity contribution in [2.75, 3.05) is 41.7 Å². The molecule has 0 aliphatic carbocycles. The van der Waals surface area contributed by atoms with Crippen LogP contribution in [0.3, 0.4) is 0 Å². The van der Waals surface area contributed by atoms with E-state index in [2.05, 4.69) is 45.0 Å². The topological polar surface area (TPSA) is 139 Å². The van der Waals surface area contributed by atoms with Crippen LogP contribution in [0.5, 0.6) is 5.75 Å². The number of rotatable bonds is 17. The van der Waals surface area contributed by atoms with Gasteiger partial charge in [0.05, 0.1) is 40.6 Å². The van der Waals surface area contributed by atoms with Crippen LogP contribution in [0.1, 0.15) is 31.9 Å². The predicted molar refractivity (Wildman–Crippen MR) is 227 cm³/mol. The molecule has 4 aromatic carbocycles. The molecule has 0 saturated carbocycles. The van der Waals surface area contributed by atoms with Crippen molar-refractivity contribution in [1.29, 1.82) is 0 Å². The van der Waals surface area contributed by atoms with Crippen LogP contribution in [-0.2, 0) is 65.1 Å². The van der Waals surface area contributed by atoms with Gasteiger partial charge in [-0.2, -0.15) is 0 Å². The first kappa shape index (κ1) is 45.0. The molecule has 4 heterocycles. The van der Waals surface area contributed by atoms with E-state index < -0.39 is 75.2 Å². The SMILES string of the molecule is COC(=O)C12CO[C@H](C(OC)[C@H]1O)[C@@H](O[C@H]1C(CO[Si](c3ccccc3)(c3ccccc3)C(C)(C)C)O[C@@H](OC)C(OCc3ccc(OC)cc3)[C@H]1OCc1ccccc1)O2. The van der Waals surface area contributed by atoms with Crippen molar-refractivity contribution in [2.45, 2.75) is 99.9 Å². The zero-order chi connectivity index (χ0) is 43.2.